The van der Waals surface area contributed by atoms with Gasteiger partial charge in [0.05, 0.1) is 29.2 Å². The Morgan fingerprint density at radius 1 is 1.33 bits per heavy atom. The van der Waals surface area contributed by atoms with Gasteiger partial charge in [-0.1, -0.05) is 19.1 Å². The van der Waals surface area contributed by atoms with E-state index in [4.69, 9.17) is 0 Å². The molecule has 2 aromatic rings. The molecule has 8 heteroatoms. The number of carbonyl (C=O) groups is 1. The Hall–Kier alpha value is -2.19. The summed E-state index contributed by atoms with van der Waals surface area (Å²) in [5, 5.41) is 9.49. The number of carboxylic acid groups (broad SMARTS) is 1. The molecule has 0 aliphatic carbocycles. The predicted octanol–water partition coefficient (Wildman–Crippen LogP) is 1.36. The highest BCUT2D eigenvalue weighted by molar-refractivity contribution is 7.89. The number of imidazole rings is 1. The standard InChI is InChI=1S/C16H19N3O4S/c1-3-11-4-6-12(7-5-11)24(22,23)19-8-13(16(20)21)15-14(9-19)17-10-18(15)2/h4-7,10,13H,3,8-9H2,1-2H3,(H,20,21). The Bertz CT molecular complexity index is 871. The molecular formula is C16H19N3O4S. The molecule has 0 saturated carbocycles. The first kappa shape index (κ1) is 16.7. The van der Waals surface area contributed by atoms with Crippen LogP contribution in [0.4, 0.5) is 0 Å². The van der Waals surface area contributed by atoms with Crippen LogP contribution < -0.4 is 0 Å². The SMILES string of the molecule is CCc1ccc(S(=O)(=O)N2Cc3ncn(C)c3C(C(=O)O)C2)cc1. The van der Waals surface area contributed by atoms with Crippen LogP contribution in [0.25, 0.3) is 0 Å². The van der Waals surface area contributed by atoms with Gasteiger partial charge in [-0.15, -0.1) is 0 Å². The summed E-state index contributed by atoms with van der Waals surface area (Å²) in [7, 11) is -2.05. The number of aliphatic carboxylic acids is 1. The first-order valence-electron chi connectivity index (χ1n) is 7.66. The molecule has 3 rings (SSSR count). The van der Waals surface area contributed by atoms with Gasteiger partial charge in [0.25, 0.3) is 0 Å². The van der Waals surface area contributed by atoms with Crippen LogP contribution in [0.15, 0.2) is 35.5 Å². The molecule has 1 unspecified atom stereocenters. The predicted molar refractivity (Wildman–Crippen MR) is 87.0 cm³/mol. The highest BCUT2D eigenvalue weighted by atomic mass is 32.2. The summed E-state index contributed by atoms with van der Waals surface area (Å²) in [6.45, 7) is 1.98. The van der Waals surface area contributed by atoms with E-state index in [1.165, 1.54) is 10.6 Å². The summed E-state index contributed by atoms with van der Waals surface area (Å²) in [5.41, 5.74) is 2.10. The highest BCUT2D eigenvalue weighted by Crippen LogP contribution is 2.31. The molecule has 2 heterocycles. The number of benzene rings is 1. The number of aromatic nitrogens is 2. The maximum atomic E-state index is 12.9. The highest BCUT2D eigenvalue weighted by Gasteiger charge is 2.39. The van der Waals surface area contributed by atoms with E-state index in [1.807, 2.05) is 6.92 Å². The van der Waals surface area contributed by atoms with Crippen molar-refractivity contribution in [3.63, 3.8) is 0 Å². The van der Waals surface area contributed by atoms with E-state index in [-0.39, 0.29) is 18.0 Å². The number of aryl methyl sites for hydroxylation is 2. The van der Waals surface area contributed by atoms with E-state index >= 15 is 0 Å². The molecule has 0 amide bonds. The zero-order valence-corrected chi connectivity index (χ0v) is 14.3. The summed E-state index contributed by atoms with van der Waals surface area (Å²) in [6, 6.07) is 6.69. The van der Waals surface area contributed by atoms with E-state index in [2.05, 4.69) is 4.98 Å². The molecule has 1 aromatic heterocycles. The lowest BCUT2D eigenvalue weighted by Gasteiger charge is -2.30. The van der Waals surface area contributed by atoms with Crippen molar-refractivity contribution >= 4 is 16.0 Å². The number of fused-ring (bicyclic) bond motifs is 1. The van der Waals surface area contributed by atoms with Gasteiger partial charge < -0.3 is 9.67 Å². The van der Waals surface area contributed by atoms with Crippen LogP contribution in [0.1, 0.15) is 29.8 Å². The van der Waals surface area contributed by atoms with Crippen molar-refractivity contribution in [3.05, 3.63) is 47.5 Å². The fraction of sp³-hybridized carbons (Fsp3) is 0.375. The third-order valence-electron chi connectivity index (χ3n) is 4.37. The Morgan fingerprint density at radius 3 is 2.58 bits per heavy atom. The van der Waals surface area contributed by atoms with Crippen molar-refractivity contribution in [1.82, 2.24) is 13.9 Å². The van der Waals surface area contributed by atoms with Crippen LogP contribution in [0.5, 0.6) is 0 Å². The topological polar surface area (TPSA) is 92.5 Å². The fourth-order valence-electron chi connectivity index (χ4n) is 3.00. The number of rotatable bonds is 4. The Morgan fingerprint density at radius 2 is 2.00 bits per heavy atom. The largest absolute Gasteiger partial charge is 0.481 e. The minimum Gasteiger partial charge on any atom is -0.481 e. The van der Waals surface area contributed by atoms with Gasteiger partial charge in [-0.05, 0) is 24.1 Å². The van der Waals surface area contributed by atoms with Gasteiger partial charge in [0.1, 0.15) is 5.92 Å². The molecule has 7 nitrogen and oxygen atoms in total. The molecule has 1 aliphatic rings. The van der Waals surface area contributed by atoms with Crippen LogP contribution in [0.3, 0.4) is 0 Å². The van der Waals surface area contributed by atoms with Crippen molar-refractivity contribution in [2.45, 2.75) is 30.7 Å². The minimum absolute atomic E-state index is 0.0812. The second-order valence-electron chi connectivity index (χ2n) is 5.87. The monoisotopic (exact) mass is 349 g/mol. The molecular weight excluding hydrogens is 330 g/mol. The average Bonchev–Trinajstić information content (AvgIpc) is 2.95. The third-order valence-corrected chi connectivity index (χ3v) is 6.20. The van der Waals surface area contributed by atoms with E-state index in [9.17, 15) is 18.3 Å². The smallest absolute Gasteiger partial charge is 0.313 e. The van der Waals surface area contributed by atoms with Gasteiger partial charge in [0.2, 0.25) is 10.0 Å². The number of nitrogens with zero attached hydrogens (tertiary/aromatic N) is 3. The lowest BCUT2D eigenvalue weighted by molar-refractivity contribution is -0.139. The van der Waals surface area contributed by atoms with Gasteiger partial charge in [-0.3, -0.25) is 4.79 Å². The van der Waals surface area contributed by atoms with Crippen LogP contribution >= 0.6 is 0 Å². The van der Waals surface area contributed by atoms with Gasteiger partial charge in [0, 0.05) is 13.6 Å². The average molecular weight is 349 g/mol. The normalized spacial score (nSPS) is 18.3. The molecule has 0 spiro atoms. The van der Waals surface area contributed by atoms with Crippen molar-refractivity contribution < 1.29 is 18.3 Å². The second-order valence-corrected chi connectivity index (χ2v) is 7.81. The number of sulfonamides is 1. The van der Waals surface area contributed by atoms with E-state index < -0.39 is 21.9 Å². The van der Waals surface area contributed by atoms with Gasteiger partial charge in [-0.2, -0.15) is 4.31 Å². The number of carboxylic acids is 1. The molecule has 1 N–H and O–H groups in total. The quantitative estimate of drug-likeness (QED) is 0.899. The zero-order chi connectivity index (χ0) is 17.5. The van der Waals surface area contributed by atoms with Crippen molar-refractivity contribution in [2.24, 2.45) is 7.05 Å². The molecule has 24 heavy (non-hydrogen) atoms. The molecule has 0 fully saturated rings. The second kappa shape index (κ2) is 6.03. The summed E-state index contributed by atoms with van der Waals surface area (Å²) < 4.78 is 28.6. The van der Waals surface area contributed by atoms with Gasteiger partial charge in [0.15, 0.2) is 0 Å². The lowest BCUT2D eigenvalue weighted by atomic mass is 10.0. The molecule has 1 aromatic carbocycles. The van der Waals surface area contributed by atoms with Crippen LogP contribution in [0, 0.1) is 0 Å². The van der Waals surface area contributed by atoms with E-state index in [1.54, 1.807) is 35.9 Å². The maximum Gasteiger partial charge on any atom is 0.313 e. The zero-order valence-electron chi connectivity index (χ0n) is 13.5. The van der Waals surface area contributed by atoms with Crippen LogP contribution in [0.2, 0.25) is 0 Å². The molecule has 0 bridgehead atoms. The van der Waals surface area contributed by atoms with Crippen molar-refractivity contribution in [2.75, 3.05) is 6.54 Å². The summed E-state index contributed by atoms with van der Waals surface area (Å²) in [5.74, 6) is -1.98. The maximum absolute atomic E-state index is 12.9. The number of hydrogen-bond donors (Lipinski definition) is 1. The molecule has 1 aliphatic heterocycles. The number of hydrogen-bond acceptors (Lipinski definition) is 4. The van der Waals surface area contributed by atoms with Gasteiger partial charge >= 0.3 is 5.97 Å². The van der Waals surface area contributed by atoms with E-state index in [0.29, 0.717) is 11.4 Å². The fourth-order valence-corrected chi connectivity index (χ4v) is 4.42. The Balaban J connectivity index is 1.98. The summed E-state index contributed by atoms with van der Waals surface area (Å²) in [6.07, 6.45) is 2.34. The first-order valence-corrected chi connectivity index (χ1v) is 9.10. The van der Waals surface area contributed by atoms with Crippen molar-refractivity contribution in [3.8, 4) is 0 Å². The molecule has 0 radical (unpaired) electrons. The van der Waals surface area contributed by atoms with Crippen molar-refractivity contribution in [1.29, 1.82) is 0 Å². The molecule has 0 saturated heterocycles. The Kier molecular flexibility index (Phi) is 4.18. The third kappa shape index (κ3) is 2.71. The summed E-state index contributed by atoms with van der Waals surface area (Å²) in [4.78, 5) is 15.9. The van der Waals surface area contributed by atoms with Crippen LogP contribution in [-0.2, 0) is 34.8 Å². The Labute approximate surface area is 140 Å². The lowest BCUT2D eigenvalue weighted by Crippen LogP contribution is -2.41. The van der Waals surface area contributed by atoms with E-state index in [0.717, 1.165) is 12.0 Å². The summed E-state index contributed by atoms with van der Waals surface area (Å²) >= 11 is 0. The molecule has 128 valence electrons. The minimum atomic E-state index is -3.77. The first-order chi connectivity index (χ1) is 11.3. The van der Waals surface area contributed by atoms with Crippen LogP contribution in [-0.4, -0.2) is 39.9 Å². The molecule has 1 atom stereocenters. The van der Waals surface area contributed by atoms with Gasteiger partial charge in [-0.25, -0.2) is 13.4 Å².